The second kappa shape index (κ2) is 3.44. The van der Waals surface area contributed by atoms with E-state index >= 15 is 0 Å². The molecule has 0 bridgehead atoms. The third-order valence-electron chi connectivity index (χ3n) is 2.63. The van der Waals surface area contributed by atoms with Crippen LogP contribution in [0.1, 0.15) is 35.6 Å². The number of allylic oxidation sites excluding steroid dienone is 1. The Kier molecular flexibility index (Phi) is 2.31. The molecule has 2 rings (SSSR count). The zero-order chi connectivity index (χ0) is 8.39. The lowest BCUT2D eigenvalue weighted by Gasteiger charge is -2.20. The van der Waals surface area contributed by atoms with Crippen LogP contribution in [0.4, 0.5) is 0 Å². The van der Waals surface area contributed by atoms with Crippen LogP contribution in [0, 0.1) is 0 Å². The van der Waals surface area contributed by atoms with Crippen molar-refractivity contribution < 1.29 is 0 Å². The van der Waals surface area contributed by atoms with Gasteiger partial charge >= 0.3 is 0 Å². The monoisotopic (exact) mass is 178 g/mol. The van der Waals surface area contributed by atoms with Gasteiger partial charge in [0.25, 0.3) is 0 Å². The maximum Gasteiger partial charge on any atom is 0.00801 e. The summed E-state index contributed by atoms with van der Waals surface area (Å²) in [7, 11) is 0. The van der Waals surface area contributed by atoms with E-state index in [0.717, 1.165) is 12.3 Å². The molecule has 1 heteroatoms. The summed E-state index contributed by atoms with van der Waals surface area (Å²) in [6, 6.07) is 2.30. The molecule has 0 nitrogen and oxygen atoms in total. The van der Waals surface area contributed by atoms with Gasteiger partial charge in [-0.2, -0.15) is 0 Å². The van der Waals surface area contributed by atoms with Gasteiger partial charge in [0.1, 0.15) is 0 Å². The van der Waals surface area contributed by atoms with Gasteiger partial charge in [-0.25, -0.2) is 0 Å². The van der Waals surface area contributed by atoms with Crippen molar-refractivity contribution in [2.24, 2.45) is 0 Å². The average molecular weight is 178 g/mol. The van der Waals surface area contributed by atoms with Crippen LogP contribution < -0.4 is 0 Å². The molecule has 0 amide bonds. The molecule has 0 aromatic carbocycles. The zero-order valence-electron chi connectivity index (χ0n) is 7.25. The van der Waals surface area contributed by atoms with Crippen LogP contribution in [0.5, 0.6) is 0 Å². The van der Waals surface area contributed by atoms with Crippen LogP contribution in [-0.4, -0.2) is 0 Å². The molecule has 1 atom stereocenters. The van der Waals surface area contributed by atoms with Gasteiger partial charge < -0.3 is 0 Å². The molecule has 1 aliphatic rings. The molecule has 64 valence electrons. The second-order valence-electron chi connectivity index (χ2n) is 3.41. The van der Waals surface area contributed by atoms with Gasteiger partial charge in [-0.3, -0.25) is 0 Å². The lowest BCUT2D eigenvalue weighted by atomic mass is 9.86. The van der Waals surface area contributed by atoms with Gasteiger partial charge in [-0.05, 0) is 48.6 Å². The van der Waals surface area contributed by atoms with Crippen LogP contribution >= 0.6 is 11.3 Å². The molecule has 12 heavy (non-hydrogen) atoms. The standard InChI is InChI=1S/C11H14S/c1-2-4-9-5-3-6-11-10(9)7-8-12-11/h2,7-9H,1,3-6H2. The SMILES string of the molecule is C=CCC1CCCc2sccc21. The quantitative estimate of drug-likeness (QED) is 0.605. The van der Waals surface area contributed by atoms with E-state index in [1.165, 1.54) is 19.3 Å². The third kappa shape index (κ3) is 1.34. The van der Waals surface area contributed by atoms with Crippen molar-refractivity contribution in [1.82, 2.24) is 0 Å². The van der Waals surface area contributed by atoms with E-state index in [-0.39, 0.29) is 0 Å². The van der Waals surface area contributed by atoms with Crippen molar-refractivity contribution in [2.45, 2.75) is 31.6 Å². The molecule has 0 spiro atoms. The Morgan fingerprint density at radius 3 is 3.42 bits per heavy atom. The summed E-state index contributed by atoms with van der Waals surface area (Å²) in [5, 5.41) is 2.23. The van der Waals surface area contributed by atoms with Gasteiger partial charge in [-0.1, -0.05) is 6.08 Å². The van der Waals surface area contributed by atoms with Crippen molar-refractivity contribution >= 4 is 11.3 Å². The summed E-state index contributed by atoms with van der Waals surface area (Å²) in [5.74, 6) is 0.775. The van der Waals surface area contributed by atoms with Crippen molar-refractivity contribution in [2.75, 3.05) is 0 Å². The Labute approximate surface area is 77.9 Å². The Bertz CT molecular complexity index is 272. The highest BCUT2D eigenvalue weighted by Crippen LogP contribution is 2.36. The van der Waals surface area contributed by atoms with E-state index in [1.807, 2.05) is 11.3 Å². The van der Waals surface area contributed by atoms with Crippen molar-refractivity contribution in [1.29, 1.82) is 0 Å². The number of hydrogen-bond donors (Lipinski definition) is 0. The topological polar surface area (TPSA) is 0 Å². The van der Waals surface area contributed by atoms with Crippen LogP contribution in [0.2, 0.25) is 0 Å². The molecule has 1 heterocycles. The third-order valence-corrected chi connectivity index (χ3v) is 3.62. The Balaban J connectivity index is 2.25. The first-order valence-electron chi connectivity index (χ1n) is 4.59. The fourth-order valence-electron chi connectivity index (χ4n) is 2.03. The number of rotatable bonds is 2. The first-order valence-corrected chi connectivity index (χ1v) is 5.47. The van der Waals surface area contributed by atoms with Gasteiger partial charge in [0.15, 0.2) is 0 Å². The fourth-order valence-corrected chi connectivity index (χ4v) is 3.04. The predicted molar refractivity (Wildman–Crippen MR) is 54.8 cm³/mol. The van der Waals surface area contributed by atoms with E-state index in [0.29, 0.717) is 0 Å². The maximum atomic E-state index is 3.82. The van der Waals surface area contributed by atoms with Crippen LogP contribution in [0.15, 0.2) is 24.1 Å². The molecule has 0 N–H and O–H groups in total. The molecule has 0 radical (unpaired) electrons. The Morgan fingerprint density at radius 1 is 1.67 bits per heavy atom. The lowest BCUT2D eigenvalue weighted by molar-refractivity contribution is 0.565. The van der Waals surface area contributed by atoms with E-state index in [4.69, 9.17) is 0 Å². The number of aryl methyl sites for hydroxylation is 1. The average Bonchev–Trinajstić information content (AvgIpc) is 2.53. The summed E-state index contributed by atoms with van der Waals surface area (Å²) < 4.78 is 0. The highest BCUT2D eigenvalue weighted by atomic mass is 32.1. The van der Waals surface area contributed by atoms with E-state index in [9.17, 15) is 0 Å². The molecule has 1 aliphatic carbocycles. The number of fused-ring (bicyclic) bond motifs is 1. The molecule has 0 saturated heterocycles. The van der Waals surface area contributed by atoms with Crippen molar-refractivity contribution in [3.63, 3.8) is 0 Å². The molecular weight excluding hydrogens is 164 g/mol. The molecule has 0 fully saturated rings. The van der Waals surface area contributed by atoms with Gasteiger partial charge in [-0.15, -0.1) is 17.9 Å². The van der Waals surface area contributed by atoms with E-state index in [2.05, 4.69) is 24.1 Å². The molecule has 0 saturated carbocycles. The lowest BCUT2D eigenvalue weighted by Crippen LogP contribution is -2.05. The molecule has 1 aromatic heterocycles. The van der Waals surface area contributed by atoms with Gasteiger partial charge in [0, 0.05) is 4.88 Å². The zero-order valence-corrected chi connectivity index (χ0v) is 8.07. The largest absolute Gasteiger partial charge is 0.149 e. The Morgan fingerprint density at radius 2 is 2.58 bits per heavy atom. The minimum atomic E-state index is 0.775. The Hall–Kier alpha value is -0.560. The van der Waals surface area contributed by atoms with Crippen LogP contribution in [0.25, 0.3) is 0 Å². The van der Waals surface area contributed by atoms with E-state index < -0.39 is 0 Å². The van der Waals surface area contributed by atoms with Gasteiger partial charge in [0.2, 0.25) is 0 Å². The highest BCUT2D eigenvalue weighted by Gasteiger charge is 2.19. The normalized spacial score (nSPS) is 21.8. The number of thiophene rings is 1. The predicted octanol–water partition coefficient (Wildman–Crippen LogP) is 3.74. The summed E-state index contributed by atoms with van der Waals surface area (Å²) in [5.41, 5.74) is 1.60. The fraction of sp³-hybridized carbons (Fsp3) is 0.455. The summed E-state index contributed by atoms with van der Waals surface area (Å²) in [6.07, 6.45) is 7.24. The van der Waals surface area contributed by atoms with Crippen molar-refractivity contribution in [3.8, 4) is 0 Å². The minimum Gasteiger partial charge on any atom is -0.149 e. The summed E-state index contributed by atoms with van der Waals surface area (Å²) >= 11 is 1.92. The first-order chi connectivity index (χ1) is 5.92. The second-order valence-corrected chi connectivity index (χ2v) is 4.41. The first kappa shape index (κ1) is 8.06. The highest BCUT2D eigenvalue weighted by molar-refractivity contribution is 7.10. The van der Waals surface area contributed by atoms with Crippen LogP contribution in [0.3, 0.4) is 0 Å². The van der Waals surface area contributed by atoms with Gasteiger partial charge in [0.05, 0.1) is 0 Å². The smallest absolute Gasteiger partial charge is 0.00801 e. The summed E-state index contributed by atoms with van der Waals surface area (Å²) in [6.45, 7) is 3.82. The molecule has 1 aromatic rings. The van der Waals surface area contributed by atoms with E-state index in [1.54, 1.807) is 10.4 Å². The number of hydrogen-bond acceptors (Lipinski definition) is 1. The molecule has 1 unspecified atom stereocenters. The summed E-state index contributed by atoms with van der Waals surface area (Å²) in [4.78, 5) is 1.62. The van der Waals surface area contributed by atoms with Crippen LogP contribution in [-0.2, 0) is 6.42 Å². The minimum absolute atomic E-state index is 0.775. The maximum absolute atomic E-state index is 3.82. The molecular formula is C11H14S. The van der Waals surface area contributed by atoms with Crippen molar-refractivity contribution in [3.05, 3.63) is 34.5 Å². The molecule has 0 aliphatic heterocycles.